The van der Waals surface area contributed by atoms with Crippen LogP contribution in [0, 0.1) is 0 Å². The van der Waals surface area contributed by atoms with Crippen LogP contribution in [0.4, 0.5) is 0 Å². The number of pyridine rings is 1. The Morgan fingerprint density at radius 2 is 2.17 bits per heavy atom. The van der Waals surface area contributed by atoms with E-state index in [1.807, 2.05) is 24.4 Å². The molecule has 0 aliphatic carbocycles. The number of fused-ring (bicyclic) bond motifs is 1. The van der Waals surface area contributed by atoms with Crippen molar-refractivity contribution in [3.63, 3.8) is 0 Å². The maximum Gasteiger partial charge on any atom is 0.251 e. The summed E-state index contributed by atoms with van der Waals surface area (Å²) in [5.74, 6) is 0.117. The van der Waals surface area contributed by atoms with Crippen molar-refractivity contribution in [2.45, 2.75) is 6.42 Å². The topological polar surface area (TPSA) is 67.0 Å². The van der Waals surface area contributed by atoms with Gasteiger partial charge in [0.25, 0.3) is 5.91 Å². The van der Waals surface area contributed by atoms with E-state index >= 15 is 0 Å². The molecule has 3 aromatic rings. The van der Waals surface area contributed by atoms with Gasteiger partial charge in [-0.2, -0.15) is 0 Å². The number of carbonyl (C=O) groups is 1. The van der Waals surface area contributed by atoms with E-state index in [-0.39, 0.29) is 11.1 Å². The van der Waals surface area contributed by atoms with Crippen molar-refractivity contribution in [2.75, 3.05) is 13.7 Å². The predicted molar refractivity (Wildman–Crippen MR) is 90.1 cm³/mol. The zero-order valence-electron chi connectivity index (χ0n) is 12.6. The summed E-state index contributed by atoms with van der Waals surface area (Å²) in [6.07, 6.45) is 2.72. The Hall–Kier alpha value is -2.53. The van der Waals surface area contributed by atoms with Gasteiger partial charge in [0.1, 0.15) is 5.15 Å². The Balaban J connectivity index is 1.64. The highest BCUT2D eigenvalue weighted by atomic mass is 35.5. The van der Waals surface area contributed by atoms with Gasteiger partial charge in [-0.1, -0.05) is 29.8 Å². The third-order valence-electron chi connectivity index (χ3n) is 3.60. The molecule has 0 unspecified atom stereocenters. The van der Waals surface area contributed by atoms with Gasteiger partial charge in [0.2, 0.25) is 5.88 Å². The number of amides is 1. The second-order valence-electron chi connectivity index (χ2n) is 5.09. The number of hydrogen-bond acceptors (Lipinski definition) is 3. The minimum Gasteiger partial charge on any atom is -0.481 e. The fourth-order valence-electron chi connectivity index (χ4n) is 2.46. The molecular formula is C17H16ClN3O2. The van der Waals surface area contributed by atoms with Crippen LogP contribution in [0.2, 0.25) is 5.15 Å². The number of benzene rings is 1. The summed E-state index contributed by atoms with van der Waals surface area (Å²) >= 11 is 5.88. The Morgan fingerprint density at radius 3 is 3.00 bits per heavy atom. The standard InChI is InChI=1S/C17H16ClN3O2/c1-23-16-9-12(8-15(18)21-16)17(22)19-7-6-11-10-20-14-5-3-2-4-13(11)14/h2-5,8-10,20H,6-7H2,1H3,(H,19,22). The molecule has 1 amide bonds. The van der Waals surface area contributed by atoms with Crippen molar-refractivity contribution in [1.29, 1.82) is 0 Å². The van der Waals surface area contributed by atoms with E-state index in [4.69, 9.17) is 16.3 Å². The highest BCUT2D eigenvalue weighted by Gasteiger charge is 2.10. The average molecular weight is 330 g/mol. The van der Waals surface area contributed by atoms with Crippen LogP contribution in [0.3, 0.4) is 0 Å². The van der Waals surface area contributed by atoms with Crippen LogP contribution in [0.25, 0.3) is 10.9 Å². The number of nitrogens with zero attached hydrogens (tertiary/aromatic N) is 1. The third-order valence-corrected chi connectivity index (χ3v) is 3.79. The molecule has 0 saturated carbocycles. The molecule has 2 N–H and O–H groups in total. The molecule has 0 radical (unpaired) electrons. The molecule has 0 atom stereocenters. The molecule has 23 heavy (non-hydrogen) atoms. The van der Waals surface area contributed by atoms with Gasteiger partial charge in [-0.05, 0) is 24.1 Å². The Morgan fingerprint density at radius 1 is 1.35 bits per heavy atom. The first-order valence-electron chi connectivity index (χ1n) is 7.22. The zero-order valence-corrected chi connectivity index (χ0v) is 13.4. The summed E-state index contributed by atoms with van der Waals surface area (Å²) in [5, 5.41) is 4.29. The summed E-state index contributed by atoms with van der Waals surface area (Å²) in [6, 6.07) is 11.2. The third kappa shape index (κ3) is 3.46. The molecule has 2 aromatic heterocycles. The number of aromatic nitrogens is 2. The van der Waals surface area contributed by atoms with Crippen LogP contribution in [0.1, 0.15) is 15.9 Å². The second kappa shape index (κ2) is 6.71. The molecule has 0 saturated heterocycles. The largest absolute Gasteiger partial charge is 0.481 e. The van der Waals surface area contributed by atoms with E-state index in [0.29, 0.717) is 18.0 Å². The highest BCUT2D eigenvalue weighted by Crippen LogP contribution is 2.18. The lowest BCUT2D eigenvalue weighted by Gasteiger charge is -2.07. The maximum absolute atomic E-state index is 12.2. The van der Waals surface area contributed by atoms with Gasteiger partial charge in [-0.15, -0.1) is 0 Å². The smallest absolute Gasteiger partial charge is 0.251 e. The van der Waals surface area contributed by atoms with Gasteiger partial charge < -0.3 is 15.0 Å². The first kappa shape index (κ1) is 15.4. The number of nitrogens with one attached hydrogen (secondary N) is 2. The summed E-state index contributed by atoms with van der Waals surface area (Å²) in [5.41, 5.74) is 2.70. The minimum absolute atomic E-state index is 0.201. The number of H-pyrrole nitrogens is 1. The number of halogens is 1. The molecule has 0 bridgehead atoms. The van der Waals surface area contributed by atoms with Crippen molar-refractivity contribution in [3.05, 3.63) is 58.9 Å². The fraction of sp³-hybridized carbons (Fsp3) is 0.176. The first-order valence-corrected chi connectivity index (χ1v) is 7.60. The lowest BCUT2D eigenvalue weighted by Crippen LogP contribution is -2.25. The zero-order chi connectivity index (χ0) is 16.2. The number of para-hydroxylation sites is 1. The second-order valence-corrected chi connectivity index (χ2v) is 5.47. The van der Waals surface area contributed by atoms with E-state index in [2.05, 4.69) is 21.4 Å². The first-order chi connectivity index (χ1) is 11.2. The molecule has 1 aromatic carbocycles. The Bertz CT molecular complexity index is 845. The Labute approximate surface area is 138 Å². The number of rotatable bonds is 5. The quantitative estimate of drug-likeness (QED) is 0.706. The van der Waals surface area contributed by atoms with Gasteiger partial charge in [0.15, 0.2) is 0 Å². The molecule has 2 heterocycles. The van der Waals surface area contributed by atoms with Crippen LogP contribution < -0.4 is 10.1 Å². The van der Waals surface area contributed by atoms with Crippen molar-refractivity contribution in [1.82, 2.24) is 15.3 Å². The van der Waals surface area contributed by atoms with E-state index in [1.54, 1.807) is 6.07 Å². The predicted octanol–water partition coefficient (Wildman–Crippen LogP) is 3.20. The van der Waals surface area contributed by atoms with Crippen LogP contribution in [-0.2, 0) is 6.42 Å². The summed E-state index contributed by atoms with van der Waals surface area (Å²) in [7, 11) is 1.48. The van der Waals surface area contributed by atoms with Crippen molar-refractivity contribution >= 4 is 28.4 Å². The van der Waals surface area contributed by atoms with Gasteiger partial charge in [-0.25, -0.2) is 4.98 Å². The van der Waals surface area contributed by atoms with Gasteiger partial charge >= 0.3 is 0 Å². The van der Waals surface area contributed by atoms with Crippen molar-refractivity contribution in [2.24, 2.45) is 0 Å². The van der Waals surface area contributed by atoms with E-state index < -0.39 is 0 Å². The minimum atomic E-state index is -0.201. The van der Waals surface area contributed by atoms with Gasteiger partial charge in [0.05, 0.1) is 7.11 Å². The Kier molecular flexibility index (Phi) is 4.48. The molecule has 3 rings (SSSR count). The van der Waals surface area contributed by atoms with Crippen LogP contribution in [0.15, 0.2) is 42.6 Å². The molecule has 0 fully saturated rings. The van der Waals surface area contributed by atoms with Crippen LogP contribution >= 0.6 is 11.6 Å². The SMILES string of the molecule is COc1cc(C(=O)NCCc2c[nH]c3ccccc23)cc(Cl)n1. The van der Waals surface area contributed by atoms with Crippen molar-refractivity contribution in [3.8, 4) is 5.88 Å². The molecule has 118 valence electrons. The van der Waals surface area contributed by atoms with Gasteiger partial charge in [-0.3, -0.25) is 4.79 Å². The van der Waals surface area contributed by atoms with E-state index in [1.165, 1.54) is 24.1 Å². The molecule has 0 aliphatic heterocycles. The monoisotopic (exact) mass is 329 g/mol. The lowest BCUT2D eigenvalue weighted by molar-refractivity contribution is 0.0953. The summed E-state index contributed by atoms with van der Waals surface area (Å²) in [4.78, 5) is 19.4. The molecular weight excluding hydrogens is 314 g/mol. The normalized spacial score (nSPS) is 10.7. The number of ether oxygens (including phenoxy) is 1. The maximum atomic E-state index is 12.2. The number of hydrogen-bond donors (Lipinski definition) is 2. The fourth-order valence-corrected chi connectivity index (χ4v) is 2.66. The number of aromatic amines is 1. The molecule has 0 aliphatic rings. The van der Waals surface area contributed by atoms with Crippen molar-refractivity contribution < 1.29 is 9.53 Å². The summed E-state index contributed by atoms with van der Waals surface area (Å²) in [6.45, 7) is 0.531. The average Bonchev–Trinajstić information content (AvgIpc) is 2.97. The number of carbonyl (C=O) groups excluding carboxylic acids is 1. The number of methoxy groups -OCH3 is 1. The van der Waals surface area contributed by atoms with E-state index in [9.17, 15) is 4.79 Å². The highest BCUT2D eigenvalue weighted by molar-refractivity contribution is 6.29. The summed E-state index contributed by atoms with van der Waals surface area (Å²) < 4.78 is 5.02. The molecule has 5 nitrogen and oxygen atoms in total. The molecule has 0 spiro atoms. The van der Waals surface area contributed by atoms with Gasteiger partial charge in [0, 0.05) is 35.3 Å². The van der Waals surface area contributed by atoms with Crippen LogP contribution in [-0.4, -0.2) is 29.5 Å². The molecule has 6 heteroatoms. The van der Waals surface area contributed by atoms with E-state index in [0.717, 1.165) is 11.9 Å². The van der Waals surface area contributed by atoms with Crippen LogP contribution in [0.5, 0.6) is 5.88 Å². The lowest BCUT2D eigenvalue weighted by atomic mass is 10.1.